The van der Waals surface area contributed by atoms with Crippen molar-refractivity contribution in [2.24, 2.45) is 5.92 Å². The number of hydrogen-bond donors (Lipinski definition) is 3. The maximum Gasteiger partial charge on any atom is 0.330 e. The summed E-state index contributed by atoms with van der Waals surface area (Å²) in [6.45, 7) is 2.06. The van der Waals surface area contributed by atoms with Crippen molar-refractivity contribution in [3.8, 4) is 0 Å². The molecule has 0 bridgehead atoms. The van der Waals surface area contributed by atoms with Crippen LogP contribution in [-0.4, -0.2) is 48.1 Å². The molecule has 21 heavy (non-hydrogen) atoms. The summed E-state index contributed by atoms with van der Waals surface area (Å²) in [5.41, 5.74) is 5.37. The molecule has 1 fully saturated rings. The van der Waals surface area contributed by atoms with Crippen molar-refractivity contribution < 1.29 is 9.84 Å². The molecule has 0 aliphatic carbocycles. The van der Waals surface area contributed by atoms with Gasteiger partial charge in [-0.05, 0) is 18.8 Å². The van der Waals surface area contributed by atoms with Gasteiger partial charge in [0.1, 0.15) is 11.5 Å². The summed E-state index contributed by atoms with van der Waals surface area (Å²) in [7, 11) is 1.54. The molecule has 1 aliphatic rings. The Morgan fingerprint density at radius 3 is 2.62 bits per heavy atom. The lowest BCUT2D eigenvalue weighted by molar-refractivity contribution is 0.186. The van der Waals surface area contributed by atoms with Gasteiger partial charge in [0.05, 0.1) is 13.2 Å². The largest absolute Gasteiger partial charge is 0.396 e. The average Bonchev–Trinajstić information content (AvgIpc) is 2.47. The average molecular weight is 298 g/mol. The number of aliphatic hydroxyl groups excluding tert-OH is 1. The summed E-state index contributed by atoms with van der Waals surface area (Å²) in [4.78, 5) is 28.1. The summed E-state index contributed by atoms with van der Waals surface area (Å²) >= 11 is 0. The minimum Gasteiger partial charge on any atom is -0.396 e. The number of aromatic amines is 1. The van der Waals surface area contributed by atoms with E-state index in [1.54, 1.807) is 0 Å². The van der Waals surface area contributed by atoms with Crippen LogP contribution in [-0.2, 0) is 11.3 Å². The molecule has 0 saturated carbocycles. The zero-order valence-electron chi connectivity index (χ0n) is 12.2. The van der Waals surface area contributed by atoms with Crippen molar-refractivity contribution in [2.45, 2.75) is 19.4 Å². The van der Waals surface area contributed by atoms with Crippen LogP contribution < -0.4 is 21.9 Å². The summed E-state index contributed by atoms with van der Waals surface area (Å²) in [5.74, 6) is 0.434. The van der Waals surface area contributed by atoms with Gasteiger partial charge < -0.3 is 20.5 Å². The SMILES string of the molecule is COCCn1c(N)c(N2CCC(CO)CC2)c(=O)[nH]c1=O. The first-order chi connectivity index (χ1) is 10.1. The first-order valence-corrected chi connectivity index (χ1v) is 7.05. The van der Waals surface area contributed by atoms with Crippen molar-refractivity contribution in [1.82, 2.24) is 9.55 Å². The van der Waals surface area contributed by atoms with E-state index in [1.165, 1.54) is 11.7 Å². The fourth-order valence-electron chi connectivity index (χ4n) is 2.63. The minimum atomic E-state index is -0.524. The third kappa shape index (κ3) is 3.27. The van der Waals surface area contributed by atoms with Gasteiger partial charge in [0.2, 0.25) is 0 Å². The van der Waals surface area contributed by atoms with Crippen molar-refractivity contribution in [2.75, 3.05) is 44.0 Å². The van der Waals surface area contributed by atoms with Crippen molar-refractivity contribution >= 4 is 11.5 Å². The van der Waals surface area contributed by atoms with E-state index in [0.29, 0.717) is 25.4 Å². The molecule has 118 valence electrons. The molecule has 1 saturated heterocycles. The van der Waals surface area contributed by atoms with E-state index in [4.69, 9.17) is 15.6 Å². The molecule has 1 aromatic heterocycles. The molecule has 1 aromatic rings. The Balaban J connectivity index is 2.31. The Morgan fingerprint density at radius 1 is 1.38 bits per heavy atom. The van der Waals surface area contributed by atoms with E-state index < -0.39 is 11.2 Å². The fraction of sp³-hybridized carbons (Fsp3) is 0.692. The van der Waals surface area contributed by atoms with Crippen LogP contribution in [0.3, 0.4) is 0 Å². The molecule has 0 amide bonds. The summed E-state index contributed by atoms with van der Waals surface area (Å²) in [6.07, 6.45) is 1.60. The van der Waals surface area contributed by atoms with Gasteiger partial charge in [-0.3, -0.25) is 14.3 Å². The van der Waals surface area contributed by atoms with Gasteiger partial charge in [0, 0.05) is 26.8 Å². The van der Waals surface area contributed by atoms with Crippen molar-refractivity contribution in [3.63, 3.8) is 0 Å². The highest BCUT2D eigenvalue weighted by Gasteiger charge is 2.24. The molecule has 0 unspecified atom stereocenters. The Morgan fingerprint density at radius 2 is 2.05 bits per heavy atom. The third-order valence-corrected chi connectivity index (χ3v) is 3.92. The van der Waals surface area contributed by atoms with Crippen LogP contribution in [0.4, 0.5) is 11.5 Å². The molecule has 0 aromatic carbocycles. The number of piperidine rings is 1. The normalized spacial score (nSPS) is 16.4. The lowest BCUT2D eigenvalue weighted by Crippen LogP contribution is -2.42. The molecule has 0 radical (unpaired) electrons. The molecule has 2 rings (SSSR count). The number of ether oxygens (including phenoxy) is 1. The number of aromatic nitrogens is 2. The highest BCUT2D eigenvalue weighted by molar-refractivity contribution is 5.62. The summed E-state index contributed by atoms with van der Waals surface area (Å²) in [5, 5.41) is 9.16. The van der Waals surface area contributed by atoms with Crippen LogP contribution in [0.25, 0.3) is 0 Å². The second kappa shape index (κ2) is 6.77. The number of hydrogen-bond acceptors (Lipinski definition) is 6. The van der Waals surface area contributed by atoms with Crippen LogP contribution in [0.5, 0.6) is 0 Å². The van der Waals surface area contributed by atoms with Gasteiger partial charge >= 0.3 is 5.69 Å². The summed E-state index contributed by atoms with van der Waals surface area (Å²) < 4.78 is 6.27. The van der Waals surface area contributed by atoms with E-state index in [1.807, 2.05) is 4.90 Å². The van der Waals surface area contributed by atoms with E-state index in [-0.39, 0.29) is 24.9 Å². The van der Waals surface area contributed by atoms with E-state index >= 15 is 0 Å². The lowest BCUT2D eigenvalue weighted by Gasteiger charge is -2.33. The van der Waals surface area contributed by atoms with Crippen molar-refractivity contribution in [1.29, 1.82) is 0 Å². The van der Waals surface area contributed by atoms with Gasteiger partial charge in [-0.2, -0.15) is 0 Å². The number of methoxy groups -OCH3 is 1. The van der Waals surface area contributed by atoms with Gasteiger partial charge in [0.25, 0.3) is 5.56 Å². The quantitative estimate of drug-likeness (QED) is 0.641. The van der Waals surface area contributed by atoms with Gasteiger partial charge in [-0.25, -0.2) is 4.79 Å². The van der Waals surface area contributed by atoms with E-state index in [9.17, 15) is 9.59 Å². The number of nitrogens with zero attached hydrogens (tertiary/aromatic N) is 2. The topological polar surface area (TPSA) is 114 Å². The van der Waals surface area contributed by atoms with Gasteiger partial charge in [-0.1, -0.05) is 0 Å². The van der Waals surface area contributed by atoms with Crippen LogP contribution in [0.15, 0.2) is 9.59 Å². The smallest absolute Gasteiger partial charge is 0.330 e. The second-order valence-corrected chi connectivity index (χ2v) is 5.25. The zero-order valence-corrected chi connectivity index (χ0v) is 12.2. The summed E-state index contributed by atoms with van der Waals surface area (Å²) in [6, 6.07) is 0. The van der Waals surface area contributed by atoms with Crippen molar-refractivity contribution in [3.05, 3.63) is 20.8 Å². The molecular formula is C13H22N4O4. The maximum absolute atomic E-state index is 12.1. The standard InChI is InChI=1S/C13H22N4O4/c1-21-7-6-17-11(14)10(12(19)15-13(17)20)16-4-2-9(8-18)3-5-16/h9,18H,2-8,14H2,1H3,(H,15,19,20). The zero-order chi connectivity index (χ0) is 15.4. The van der Waals surface area contributed by atoms with Crippen LogP contribution >= 0.6 is 0 Å². The molecule has 0 spiro atoms. The molecule has 8 nitrogen and oxygen atoms in total. The van der Waals surface area contributed by atoms with Crippen LogP contribution in [0.1, 0.15) is 12.8 Å². The number of nitrogens with two attached hydrogens (primary N) is 1. The first-order valence-electron chi connectivity index (χ1n) is 7.05. The number of aliphatic hydroxyl groups is 1. The van der Waals surface area contributed by atoms with E-state index in [2.05, 4.69) is 4.98 Å². The van der Waals surface area contributed by atoms with Crippen LogP contribution in [0, 0.1) is 5.92 Å². The maximum atomic E-state index is 12.1. The van der Waals surface area contributed by atoms with Gasteiger partial charge in [-0.15, -0.1) is 0 Å². The predicted molar refractivity (Wildman–Crippen MR) is 79.6 cm³/mol. The highest BCUT2D eigenvalue weighted by atomic mass is 16.5. The fourth-order valence-corrected chi connectivity index (χ4v) is 2.63. The Labute approximate surface area is 122 Å². The monoisotopic (exact) mass is 298 g/mol. The van der Waals surface area contributed by atoms with Crippen LogP contribution in [0.2, 0.25) is 0 Å². The Bertz CT molecular complexity index is 587. The molecule has 8 heteroatoms. The molecular weight excluding hydrogens is 276 g/mol. The van der Waals surface area contributed by atoms with E-state index in [0.717, 1.165) is 12.8 Å². The Hall–Kier alpha value is -1.80. The van der Waals surface area contributed by atoms with Gasteiger partial charge in [0.15, 0.2) is 0 Å². The number of nitrogen functional groups attached to an aromatic ring is 1. The lowest BCUT2D eigenvalue weighted by atomic mass is 9.97. The predicted octanol–water partition coefficient (Wildman–Crippen LogP) is -1.03. The number of anilines is 2. The molecule has 1 aliphatic heterocycles. The first kappa shape index (κ1) is 15.6. The second-order valence-electron chi connectivity index (χ2n) is 5.25. The molecule has 0 atom stereocenters. The molecule has 4 N–H and O–H groups in total. The Kier molecular flexibility index (Phi) is 5.03. The third-order valence-electron chi connectivity index (χ3n) is 3.92. The minimum absolute atomic E-state index is 0.160. The number of H-pyrrole nitrogens is 1. The number of rotatable bonds is 5. The number of nitrogens with one attached hydrogen (secondary N) is 1. The molecule has 2 heterocycles. The highest BCUT2D eigenvalue weighted by Crippen LogP contribution is 2.23.